The molecular formula is C39H36N2O3. The van der Waals surface area contributed by atoms with E-state index in [4.69, 9.17) is 9.47 Å². The van der Waals surface area contributed by atoms with E-state index in [-0.39, 0.29) is 5.97 Å². The molecule has 0 saturated heterocycles. The number of rotatable bonds is 6. The first-order valence-electron chi connectivity index (χ1n) is 15.2. The van der Waals surface area contributed by atoms with Gasteiger partial charge in [0.2, 0.25) is 0 Å². The van der Waals surface area contributed by atoms with Crippen molar-refractivity contribution in [3.63, 3.8) is 0 Å². The second-order valence-electron chi connectivity index (χ2n) is 11.9. The van der Waals surface area contributed by atoms with Crippen molar-refractivity contribution in [2.24, 2.45) is 0 Å². The molecule has 5 aromatic rings. The highest BCUT2D eigenvalue weighted by Gasteiger charge is 2.53. The topological polar surface area (TPSA) is 42.0 Å². The van der Waals surface area contributed by atoms with Gasteiger partial charge in [0.25, 0.3) is 0 Å². The zero-order valence-electron chi connectivity index (χ0n) is 25.8. The van der Waals surface area contributed by atoms with Crippen molar-refractivity contribution in [3.05, 3.63) is 142 Å². The summed E-state index contributed by atoms with van der Waals surface area (Å²) in [7, 11) is 2.07. The molecule has 0 aromatic heterocycles. The summed E-state index contributed by atoms with van der Waals surface area (Å²) in [5.41, 5.74) is 9.66. The SMILES string of the molecule is CCCN(c1ccc(C)cc1)c1ccc2c(c1)Oc1cc(C)c(N(C)c3ccc(C)cc3)cc1C21OC(=O)c2ccccc21. The predicted molar refractivity (Wildman–Crippen MR) is 177 cm³/mol. The molecule has 7 rings (SSSR count). The van der Waals surface area contributed by atoms with Gasteiger partial charge in [0.1, 0.15) is 11.5 Å². The van der Waals surface area contributed by atoms with Gasteiger partial charge in [-0.25, -0.2) is 4.79 Å². The molecule has 2 heterocycles. The third-order valence-corrected chi connectivity index (χ3v) is 8.90. The van der Waals surface area contributed by atoms with Crippen LogP contribution in [0, 0.1) is 20.8 Å². The van der Waals surface area contributed by atoms with Gasteiger partial charge in [0.05, 0.1) is 5.56 Å². The summed E-state index contributed by atoms with van der Waals surface area (Å²) in [5.74, 6) is 1.05. The van der Waals surface area contributed by atoms with E-state index in [0.29, 0.717) is 17.1 Å². The molecule has 0 radical (unpaired) electrons. The third kappa shape index (κ3) is 4.34. The van der Waals surface area contributed by atoms with Gasteiger partial charge in [-0.15, -0.1) is 0 Å². The van der Waals surface area contributed by atoms with Crippen LogP contribution in [0.3, 0.4) is 0 Å². The van der Waals surface area contributed by atoms with E-state index in [9.17, 15) is 4.79 Å². The molecule has 1 atom stereocenters. The van der Waals surface area contributed by atoms with E-state index in [0.717, 1.165) is 58.0 Å². The van der Waals surface area contributed by atoms with Crippen LogP contribution in [0.25, 0.3) is 0 Å². The van der Waals surface area contributed by atoms with Crippen LogP contribution in [0.15, 0.2) is 103 Å². The molecule has 220 valence electrons. The van der Waals surface area contributed by atoms with Crippen molar-refractivity contribution in [2.45, 2.75) is 39.7 Å². The first kappa shape index (κ1) is 27.8. The van der Waals surface area contributed by atoms with Crippen LogP contribution < -0.4 is 14.5 Å². The Morgan fingerprint density at radius 1 is 0.682 bits per heavy atom. The Bertz CT molecular complexity index is 1890. The summed E-state index contributed by atoms with van der Waals surface area (Å²) in [6.45, 7) is 9.33. The fourth-order valence-electron chi connectivity index (χ4n) is 6.59. The van der Waals surface area contributed by atoms with Crippen molar-refractivity contribution >= 4 is 28.7 Å². The second-order valence-corrected chi connectivity index (χ2v) is 11.9. The minimum Gasteiger partial charge on any atom is -0.456 e. The molecule has 0 bridgehead atoms. The molecule has 2 aliphatic heterocycles. The van der Waals surface area contributed by atoms with E-state index in [1.54, 1.807) is 0 Å². The van der Waals surface area contributed by atoms with E-state index in [2.05, 4.69) is 123 Å². The Labute approximate surface area is 259 Å². The van der Waals surface area contributed by atoms with Crippen molar-refractivity contribution in [3.8, 4) is 11.5 Å². The van der Waals surface area contributed by atoms with Crippen LogP contribution in [-0.2, 0) is 10.3 Å². The van der Waals surface area contributed by atoms with Gasteiger partial charge in [-0.1, -0.05) is 60.5 Å². The minimum atomic E-state index is -1.13. The molecule has 44 heavy (non-hydrogen) atoms. The molecule has 0 fully saturated rings. The van der Waals surface area contributed by atoms with Gasteiger partial charge in [-0.05, 0) is 87.4 Å². The second kappa shape index (κ2) is 10.6. The van der Waals surface area contributed by atoms with Crippen LogP contribution in [0.5, 0.6) is 11.5 Å². The Kier molecular flexibility index (Phi) is 6.69. The lowest BCUT2D eigenvalue weighted by Gasteiger charge is -2.38. The van der Waals surface area contributed by atoms with E-state index >= 15 is 0 Å². The van der Waals surface area contributed by atoms with Crippen LogP contribution in [0.1, 0.15) is 57.1 Å². The first-order valence-corrected chi connectivity index (χ1v) is 15.2. The number of hydrogen-bond donors (Lipinski definition) is 0. The first-order chi connectivity index (χ1) is 21.3. The van der Waals surface area contributed by atoms with Gasteiger partial charge in [0, 0.05) is 59.1 Å². The fourth-order valence-corrected chi connectivity index (χ4v) is 6.59. The molecule has 1 unspecified atom stereocenters. The lowest BCUT2D eigenvalue weighted by Crippen LogP contribution is -2.33. The van der Waals surface area contributed by atoms with Gasteiger partial charge < -0.3 is 19.3 Å². The molecule has 0 N–H and O–H groups in total. The molecule has 0 amide bonds. The van der Waals surface area contributed by atoms with E-state index < -0.39 is 5.60 Å². The van der Waals surface area contributed by atoms with Gasteiger partial charge in [-0.3, -0.25) is 0 Å². The highest BCUT2D eigenvalue weighted by atomic mass is 16.6. The van der Waals surface area contributed by atoms with Crippen molar-refractivity contribution in [1.29, 1.82) is 0 Å². The maximum absolute atomic E-state index is 13.5. The lowest BCUT2D eigenvalue weighted by atomic mass is 9.77. The number of carbonyl (C=O) groups excluding carboxylic acids is 1. The van der Waals surface area contributed by atoms with Crippen LogP contribution in [-0.4, -0.2) is 19.6 Å². The average molecular weight is 581 g/mol. The van der Waals surface area contributed by atoms with Crippen molar-refractivity contribution in [2.75, 3.05) is 23.4 Å². The minimum absolute atomic E-state index is 0.329. The Hall–Kier alpha value is -5.03. The highest BCUT2D eigenvalue weighted by molar-refractivity contribution is 5.97. The molecule has 1 spiro atoms. The van der Waals surface area contributed by atoms with E-state index in [1.807, 2.05) is 24.3 Å². The van der Waals surface area contributed by atoms with E-state index in [1.165, 1.54) is 11.1 Å². The van der Waals surface area contributed by atoms with Crippen LogP contribution in [0.2, 0.25) is 0 Å². The fraction of sp³-hybridized carbons (Fsp3) is 0.205. The zero-order valence-corrected chi connectivity index (χ0v) is 25.8. The maximum atomic E-state index is 13.5. The van der Waals surface area contributed by atoms with Gasteiger partial charge in [0.15, 0.2) is 5.60 Å². The number of benzene rings is 5. The average Bonchev–Trinajstić information content (AvgIpc) is 3.32. The molecular weight excluding hydrogens is 544 g/mol. The largest absolute Gasteiger partial charge is 0.456 e. The number of hydrogen-bond acceptors (Lipinski definition) is 5. The molecule has 2 aliphatic rings. The third-order valence-electron chi connectivity index (χ3n) is 8.90. The summed E-state index contributed by atoms with van der Waals surface area (Å²) < 4.78 is 13.2. The number of carbonyl (C=O) groups is 1. The number of ether oxygens (including phenoxy) is 2. The number of fused-ring (bicyclic) bond motifs is 6. The summed E-state index contributed by atoms with van der Waals surface area (Å²) in [4.78, 5) is 18.0. The number of anilines is 4. The Morgan fingerprint density at radius 2 is 1.32 bits per heavy atom. The Balaban J connectivity index is 1.42. The van der Waals surface area contributed by atoms with Gasteiger partial charge >= 0.3 is 5.97 Å². The highest BCUT2D eigenvalue weighted by Crippen LogP contribution is 2.57. The van der Waals surface area contributed by atoms with Crippen LogP contribution in [0.4, 0.5) is 22.7 Å². The molecule has 5 aromatic carbocycles. The van der Waals surface area contributed by atoms with Crippen molar-refractivity contribution < 1.29 is 14.3 Å². The smallest absolute Gasteiger partial charge is 0.340 e. The standard InChI is InChI=1S/C39H36N2O3/c1-6-21-41(29-17-13-26(3)14-18-29)30-19-20-33-37(23-30)43-36-22-27(4)35(40(5)28-15-11-25(2)12-16-28)24-34(36)39(33)32-10-8-7-9-31(32)38(42)44-39/h7-20,22-24H,6,21H2,1-5H3. The summed E-state index contributed by atoms with van der Waals surface area (Å²) in [6.07, 6.45) is 0.986. The summed E-state index contributed by atoms with van der Waals surface area (Å²) in [5, 5.41) is 0. The van der Waals surface area contributed by atoms with Crippen LogP contribution >= 0.6 is 0 Å². The normalized spacial score (nSPS) is 16.1. The maximum Gasteiger partial charge on any atom is 0.340 e. The van der Waals surface area contributed by atoms with Gasteiger partial charge in [-0.2, -0.15) is 0 Å². The quantitative estimate of drug-likeness (QED) is 0.187. The molecule has 5 heteroatoms. The summed E-state index contributed by atoms with van der Waals surface area (Å²) in [6, 6.07) is 35.3. The molecule has 0 aliphatic carbocycles. The number of nitrogens with zero attached hydrogens (tertiary/aromatic N) is 2. The predicted octanol–water partition coefficient (Wildman–Crippen LogP) is 9.50. The zero-order chi connectivity index (χ0) is 30.6. The monoisotopic (exact) mass is 580 g/mol. The van der Waals surface area contributed by atoms with Crippen molar-refractivity contribution in [1.82, 2.24) is 0 Å². The Morgan fingerprint density at radius 3 is 2.02 bits per heavy atom. The lowest BCUT2D eigenvalue weighted by molar-refractivity contribution is 0.0224. The molecule has 0 saturated carbocycles. The molecule has 5 nitrogen and oxygen atoms in total. The number of aryl methyl sites for hydroxylation is 3. The summed E-state index contributed by atoms with van der Waals surface area (Å²) >= 11 is 0. The number of esters is 1.